The molecule has 0 bridgehead atoms. The van der Waals surface area contributed by atoms with Crippen molar-refractivity contribution in [2.45, 2.75) is 37.8 Å². The third-order valence-corrected chi connectivity index (χ3v) is 7.82. The van der Waals surface area contributed by atoms with E-state index in [0.717, 1.165) is 34.4 Å². The van der Waals surface area contributed by atoms with E-state index in [4.69, 9.17) is 0 Å². The van der Waals surface area contributed by atoms with Crippen molar-refractivity contribution in [2.75, 3.05) is 18.9 Å². The molecule has 2 aliphatic rings. The van der Waals surface area contributed by atoms with Crippen molar-refractivity contribution in [2.24, 2.45) is 0 Å². The van der Waals surface area contributed by atoms with Gasteiger partial charge < -0.3 is 4.90 Å². The number of aromatic nitrogens is 1. The Morgan fingerprint density at radius 1 is 1.32 bits per heavy atom. The van der Waals surface area contributed by atoms with E-state index in [1.807, 2.05) is 7.05 Å². The van der Waals surface area contributed by atoms with E-state index >= 15 is 0 Å². The number of thiazole rings is 1. The summed E-state index contributed by atoms with van der Waals surface area (Å²) in [5, 5.41) is 3.24. The van der Waals surface area contributed by atoms with Crippen LogP contribution >= 0.6 is 11.3 Å². The fraction of sp³-hybridized carbons (Fsp3) is 0.389. The first-order valence-corrected chi connectivity index (χ1v) is 11.2. The largest absolute Gasteiger partial charge is 0.301 e. The van der Waals surface area contributed by atoms with Gasteiger partial charge in [-0.1, -0.05) is 0 Å². The van der Waals surface area contributed by atoms with Gasteiger partial charge in [0.2, 0.25) is 0 Å². The van der Waals surface area contributed by atoms with Gasteiger partial charge in [-0.05, 0) is 39.1 Å². The van der Waals surface area contributed by atoms with Crippen LogP contribution in [-0.4, -0.2) is 54.1 Å². The minimum atomic E-state index is -3.95. The minimum Gasteiger partial charge on any atom is -0.301 e. The molecule has 0 saturated carbocycles. The molecule has 10 heteroatoms. The Bertz CT molecular complexity index is 1090. The van der Waals surface area contributed by atoms with Crippen LogP contribution in [0.2, 0.25) is 0 Å². The molecule has 0 spiro atoms. The molecule has 0 aliphatic carbocycles. The van der Waals surface area contributed by atoms with Crippen molar-refractivity contribution in [3.05, 3.63) is 39.9 Å². The summed E-state index contributed by atoms with van der Waals surface area (Å²) in [5.41, 5.74) is 1.26. The number of anilines is 1. The van der Waals surface area contributed by atoms with Gasteiger partial charge in [0.05, 0.1) is 11.3 Å². The van der Waals surface area contributed by atoms with E-state index in [1.54, 1.807) is 13.8 Å². The van der Waals surface area contributed by atoms with Gasteiger partial charge in [-0.2, -0.15) is 0 Å². The standard InChI is InChI=1S/C18H20N4O4S2/c1-10(2)22-17(24)12-5-4-11(8-15(12)28(22,25)26)16(23)20-18-19-13-6-7-21(3)9-14(13)27-18/h4-5,8,10H,6-7,9H2,1-3H3,(H,19,20,23). The summed E-state index contributed by atoms with van der Waals surface area (Å²) in [4.78, 5) is 32.7. The maximum Gasteiger partial charge on any atom is 0.269 e. The average molecular weight is 421 g/mol. The molecule has 2 amide bonds. The number of likely N-dealkylation sites (N-methyl/N-ethyl adjacent to an activating group) is 1. The second kappa shape index (κ2) is 6.64. The highest BCUT2D eigenvalue weighted by molar-refractivity contribution is 7.90. The highest BCUT2D eigenvalue weighted by atomic mass is 32.2. The van der Waals surface area contributed by atoms with Crippen LogP contribution in [0, 0.1) is 0 Å². The van der Waals surface area contributed by atoms with Gasteiger partial charge in [0.15, 0.2) is 5.13 Å². The summed E-state index contributed by atoms with van der Waals surface area (Å²) in [6.07, 6.45) is 0.836. The quantitative estimate of drug-likeness (QED) is 0.815. The number of nitrogens with one attached hydrogen (secondary N) is 1. The number of amides is 2. The van der Waals surface area contributed by atoms with Gasteiger partial charge in [-0.15, -0.1) is 11.3 Å². The summed E-state index contributed by atoms with van der Waals surface area (Å²) < 4.78 is 26.2. The molecule has 8 nitrogen and oxygen atoms in total. The highest BCUT2D eigenvalue weighted by Crippen LogP contribution is 2.33. The Balaban J connectivity index is 1.61. The van der Waals surface area contributed by atoms with Crippen LogP contribution in [0.5, 0.6) is 0 Å². The Kier molecular flexibility index (Phi) is 4.52. The van der Waals surface area contributed by atoms with Crippen LogP contribution in [0.1, 0.15) is 45.1 Å². The number of sulfonamides is 1. The monoisotopic (exact) mass is 420 g/mol. The highest BCUT2D eigenvalue weighted by Gasteiger charge is 2.43. The molecule has 2 aromatic rings. The first-order chi connectivity index (χ1) is 13.2. The molecular weight excluding hydrogens is 400 g/mol. The van der Waals surface area contributed by atoms with Crippen molar-refractivity contribution in [3.8, 4) is 0 Å². The van der Waals surface area contributed by atoms with Gasteiger partial charge in [-0.25, -0.2) is 17.7 Å². The lowest BCUT2D eigenvalue weighted by Crippen LogP contribution is -2.36. The van der Waals surface area contributed by atoms with Crippen LogP contribution in [0.25, 0.3) is 0 Å². The lowest BCUT2D eigenvalue weighted by Gasteiger charge is -2.20. The molecule has 28 heavy (non-hydrogen) atoms. The average Bonchev–Trinajstić information content (AvgIpc) is 3.09. The third kappa shape index (κ3) is 3.01. The van der Waals surface area contributed by atoms with E-state index < -0.39 is 27.9 Å². The van der Waals surface area contributed by atoms with Crippen molar-refractivity contribution in [3.63, 3.8) is 0 Å². The van der Waals surface area contributed by atoms with E-state index in [1.165, 1.54) is 29.5 Å². The Morgan fingerprint density at radius 3 is 2.79 bits per heavy atom. The molecule has 1 aromatic heterocycles. The van der Waals surface area contributed by atoms with Crippen LogP contribution in [0.3, 0.4) is 0 Å². The van der Waals surface area contributed by atoms with Crippen LogP contribution < -0.4 is 5.32 Å². The summed E-state index contributed by atoms with van der Waals surface area (Å²) in [6.45, 7) is 4.99. The summed E-state index contributed by atoms with van der Waals surface area (Å²) in [7, 11) is -1.91. The van der Waals surface area contributed by atoms with Crippen LogP contribution in [-0.2, 0) is 23.0 Å². The number of fused-ring (bicyclic) bond motifs is 2. The van der Waals surface area contributed by atoms with Gasteiger partial charge in [0, 0.05) is 36.0 Å². The third-order valence-electron chi connectivity index (χ3n) is 4.82. The molecule has 3 heterocycles. The van der Waals surface area contributed by atoms with Crippen molar-refractivity contribution < 1.29 is 18.0 Å². The molecule has 2 aliphatic heterocycles. The second-order valence-corrected chi connectivity index (χ2v) is 10.1. The number of rotatable bonds is 3. The number of hydrogen-bond donors (Lipinski definition) is 1. The first kappa shape index (κ1) is 19.0. The molecular formula is C18H20N4O4S2. The zero-order valence-electron chi connectivity index (χ0n) is 15.7. The normalized spacial score (nSPS) is 18.3. The fourth-order valence-corrected chi connectivity index (χ4v) is 6.32. The van der Waals surface area contributed by atoms with E-state index in [0.29, 0.717) is 5.13 Å². The van der Waals surface area contributed by atoms with Gasteiger partial charge in [0.1, 0.15) is 4.90 Å². The predicted octanol–water partition coefficient (Wildman–Crippen LogP) is 1.94. The fourth-order valence-electron chi connectivity index (χ4n) is 3.45. The van der Waals surface area contributed by atoms with Gasteiger partial charge in [-0.3, -0.25) is 14.9 Å². The zero-order chi connectivity index (χ0) is 20.2. The molecule has 148 valence electrons. The van der Waals surface area contributed by atoms with E-state index in [-0.39, 0.29) is 16.0 Å². The molecule has 0 unspecified atom stereocenters. The first-order valence-electron chi connectivity index (χ1n) is 8.90. The SMILES string of the molecule is CC(C)N1C(=O)c2ccc(C(=O)Nc3nc4c(s3)CN(C)CC4)cc2S1(=O)=O. The molecule has 0 saturated heterocycles. The minimum absolute atomic E-state index is 0.0954. The Labute approximate surface area is 167 Å². The molecule has 0 atom stereocenters. The predicted molar refractivity (Wildman–Crippen MR) is 105 cm³/mol. The number of nitrogens with zero attached hydrogens (tertiary/aromatic N) is 3. The van der Waals surface area contributed by atoms with Crippen LogP contribution in [0.15, 0.2) is 23.1 Å². The number of hydrogen-bond acceptors (Lipinski definition) is 7. The number of carbonyl (C=O) groups excluding carboxylic acids is 2. The van der Waals surface area contributed by atoms with Gasteiger partial charge >= 0.3 is 0 Å². The number of carbonyl (C=O) groups is 2. The topological polar surface area (TPSA) is 99.7 Å². The zero-order valence-corrected chi connectivity index (χ0v) is 17.4. The maximum absolute atomic E-state index is 12.7. The lowest BCUT2D eigenvalue weighted by atomic mass is 10.1. The maximum atomic E-state index is 12.7. The number of benzene rings is 1. The van der Waals surface area contributed by atoms with Gasteiger partial charge in [0.25, 0.3) is 21.8 Å². The second-order valence-electron chi connectivity index (χ2n) is 7.24. The van der Waals surface area contributed by atoms with E-state index in [9.17, 15) is 18.0 Å². The lowest BCUT2D eigenvalue weighted by molar-refractivity contribution is 0.0846. The smallest absolute Gasteiger partial charge is 0.269 e. The van der Waals surface area contributed by atoms with Crippen molar-refractivity contribution >= 4 is 38.3 Å². The molecule has 1 N–H and O–H groups in total. The van der Waals surface area contributed by atoms with E-state index in [2.05, 4.69) is 15.2 Å². The Morgan fingerprint density at radius 2 is 2.07 bits per heavy atom. The molecule has 0 fully saturated rings. The summed E-state index contributed by atoms with van der Waals surface area (Å²) in [5.74, 6) is -1.01. The van der Waals surface area contributed by atoms with Crippen molar-refractivity contribution in [1.29, 1.82) is 0 Å². The molecule has 4 rings (SSSR count). The van der Waals surface area contributed by atoms with Crippen molar-refractivity contribution in [1.82, 2.24) is 14.2 Å². The van der Waals surface area contributed by atoms with Crippen LogP contribution in [0.4, 0.5) is 5.13 Å². The summed E-state index contributed by atoms with van der Waals surface area (Å²) >= 11 is 1.43. The Hall–Kier alpha value is -2.30. The molecule has 0 radical (unpaired) electrons. The molecule has 1 aromatic carbocycles. The summed E-state index contributed by atoms with van der Waals surface area (Å²) in [6, 6.07) is 3.63.